The normalized spacial score (nSPS) is 25.8. The van der Waals surface area contributed by atoms with E-state index in [4.69, 9.17) is 16.3 Å². The molecule has 0 aliphatic carbocycles. The van der Waals surface area contributed by atoms with Gasteiger partial charge in [-0.1, -0.05) is 11.6 Å². The van der Waals surface area contributed by atoms with Crippen molar-refractivity contribution >= 4 is 46.8 Å². The lowest BCUT2D eigenvalue weighted by Crippen LogP contribution is -2.48. The van der Waals surface area contributed by atoms with Crippen molar-refractivity contribution in [3.63, 3.8) is 0 Å². The fourth-order valence-electron chi connectivity index (χ4n) is 3.12. The highest BCUT2D eigenvalue weighted by Crippen LogP contribution is 2.47. The summed E-state index contributed by atoms with van der Waals surface area (Å²) in [6.07, 6.45) is 0.0388. The van der Waals surface area contributed by atoms with E-state index in [0.29, 0.717) is 24.3 Å². The van der Waals surface area contributed by atoms with Crippen LogP contribution in [0.3, 0.4) is 0 Å². The van der Waals surface area contributed by atoms with Crippen molar-refractivity contribution in [3.05, 3.63) is 29.0 Å². The van der Waals surface area contributed by atoms with Crippen molar-refractivity contribution in [1.82, 2.24) is 4.90 Å². The third kappa shape index (κ3) is 3.53. The number of fused-ring (bicyclic) bond motifs is 1. The number of hydrogen-bond acceptors (Lipinski definition) is 5. The molecule has 0 spiro atoms. The van der Waals surface area contributed by atoms with Gasteiger partial charge in [0.2, 0.25) is 5.91 Å². The molecular weight excluding hydrogens is 383 g/mol. The molecule has 26 heavy (non-hydrogen) atoms. The van der Waals surface area contributed by atoms with E-state index < -0.39 is 29.8 Å². The Kier molecular flexibility index (Phi) is 5.16. The number of carbonyl (C=O) groups excluding carboxylic acids is 3. The van der Waals surface area contributed by atoms with Gasteiger partial charge in [0.15, 0.2) is 6.10 Å². The fourth-order valence-corrected chi connectivity index (χ4v) is 4.72. The van der Waals surface area contributed by atoms with Crippen molar-refractivity contribution in [2.45, 2.75) is 43.7 Å². The van der Waals surface area contributed by atoms with E-state index in [1.807, 2.05) is 6.92 Å². The number of halogens is 2. The van der Waals surface area contributed by atoms with Crippen LogP contribution >= 0.6 is 23.4 Å². The second kappa shape index (κ2) is 7.08. The molecule has 1 aromatic carbocycles. The molecule has 6 nitrogen and oxygen atoms in total. The Morgan fingerprint density at radius 1 is 1.50 bits per heavy atom. The minimum atomic E-state index is -1.07. The molecule has 2 heterocycles. The lowest BCUT2D eigenvalue weighted by Gasteiger charge is -2.29. The number of anilines is 1. The Hall–Kier alpha value is -1.80. The summed E-state index contributed by atoms with van der Waals surface area (Å²) >= 11 is 7.22. The Balaban J connectivity index is 1.61. The van der Waals surface area contributed by atoms with Gasteiger partial charge < -0.3 is 15.0 Å². The summed E-state index contributed by atoms with van der Waals surface area (Å²) < 4.78 is 18.4. The predicted molar refractivity (Wildman–Crippen MR) is 96.3 cm³/mol. The maximum Gasteiger partial charge on any atom is 0.330 e. The van der Waals surface area contributed by atoms with Crippen LogP contribution in [0, 0.1) is 5.82 Å². The summed E-state index contributed by atoms with van der Waals surface area (Å²) in [5, 5.41) is 2.39. The van der Waals surface area contributed by atoms with Crippen LogP contribution in [-0.4, -0.2) is 45.5 Å². The van der Waals surface area contributed by atoms with Gasteiger partial charge in [0.25, 0.3) is 5.91 Å². The number of benzene rings is 1. The number of thioether (sulfide) groups is 1. The van der Waals surface area contributed by atoms with Crippen LogP contribution in [-0.2, 0) is 19.1 Å². The maximum absolute atomic E-state index is 13.2. The molecular formula is C17H18ClFN2O4S. The number of rotatable bonds is 4. The highest BCUT2D eigenvalue weighted by Gasteiger charge is 2.53. The Labute approximate surface area is 159 Å². The monoisotopic (exact) mass is 400 g/mol. The second-order valence-electron chi connectivity index (χ2n) is 6.46. The van der Waals surface area contributed by atoms with Crippen LogP contribution in [0.1, 0.15) is 26.7 Å². The second-order valence-corrected chi connectivity index (χ2v) is 8.37. The van der Waals surface area contributed by atoms with Crippen molar-refractivity contribution < 1.29 is 23.5 Å². The molecule has 0 unspecified atom stereocenters. The number of esters is 1. The van der Waals surface area contributed by atoms with E-state index in [1.54, 1.807) is 16.7 Å². The van der Waals surface area contributed by atoms with E-state index in [-0.39, 0.29) is 15.8 Å². The summed E-state index contributed by atoms with van der Waals surface area (Å²) in [4.78, 5) is 37.9. The van der Waals surface area contributed by atoms with Gasteiger partial charge in [-0.15, -0.1) is 11.8 Å². The highest BCUT2D eigenvalue weighted by molar-refractivity contribution is 8.01. The Morgan fingerprint density at radius 3 is 2.92 bits per heavy atom. The molecule has 2 fully saturated rings. The lowest BCUT2D eigenvalue weighted by atomic mass is 10.2. The molecule has 0 aromatic heterocycles. The summed E-state index contributed by atoms with van der Waals surface area (Å²) in [6, 6.07) is 3.07. The lowest BCUT2D eigenvalue weighted by molar-refractivity contribution is -0.160. The van der Waals surface area contributed by atoms with Crippen molar-refractivity contribution in [1.29, 1.82) is 0 Å². The van der Waals surface area contributed by atoms with Crippen molar-refractivity contribution in [2.75, 3.05) is 11.1 Å². The highest BCUT2D eigenvalue weighted by atomic mass is 35.5. The zero-order chi connectivity index (χ0) is 19.1. The van der Waals surface area contributed by atoms with E-state index >= 15 is 0 Å². The summed E-state index contributed by atoms with van der Waals surface area (Å²) in [7, 11) is 0. The number of hydrogen-bond donors (Lipinski definition) is 1. The van der Waals surface area contributed by atoms with Crippen molar-refractivity contribution in [2.24, 2.45) is 0 Å². The first-order chi connectivity index (χ1) is 12.2. The van der Waals surface area contributed by atoms with Crippen LogP contribution in [0.25, 0.3) is 0 Å². The quantitative estimate of drug-likeness (QED) is 0.786. The fraction of sp³-hybridized carbons (Fsp3) is 0.471. The van der Waals surface area contributed by atoms with E-state index in [2.05, 4.69) is 5.32 Å². The van der Waals surface area contributed by atoms with Crippen molar-refractivity contribution in [3.8, 4) is 0 Å². The van der Waals surface area contributed by atoms with E-state index in [0.717, 1.165) is 6.07 Å². The molecule has 2 aliphatic heterocycles. The molecule has 0 saturated carbocycles. The number of carbonyl (C=O) groups is 3. The van der Waals surface area contributed by atoms with Crippen LogP contribution in [0.4, 0.5) is 10.1 Å². The Bertz CT molecular complexity index is 777. The number of nitrogens with one attached hydrogen (secondary N) is 1. The van der Waals surface area contributed by atoms with Gasteiger partial charge in [-0.05, 0) is 38.5 Å². The van der Waals surface area contributed by atoms with E-state index in [1.165, 1.54) is 19.1 Å². The number of ether oxygens (including phenoxy) is 1. The molecule has 0 radical (unpaired) electrons. The molecule has 2 amide bonds. The van der Waals surface area contributed by atoms with Crippen LogP contribution < -0.4 is 5.32 Å². The molecule has 1 aromatic rings. The summed E-state index contributed by atoms with van der Waals surface area (Å²) in [6.45, 7) is 3.37. The standard InChI is InChI=1S/C17H18ClFN2O4S/c1-9(15(23)20-10-3-4-12(19)11(18)7-10)25-16(24)13-8-26-17(2)6-5-14(22)21(13)17/h3-4,7,9,13H,5-6,8H2,1-2H3,(H,20,23)/t9-,13-,17+/m1/s1. The van der Waals surface area contributed by atoms with Gasteiger partial charge in [0.1, 0.15) is 11.9 Å². The molecule has 3 rings (SSSR count). The number of amides is 2. The first-order valence-electron chi connectivity index (χ1n) is 8.14. The predicted octanol–water partition coefficient (Wildman–Crippen LogP) is 2.80. The molecule has 2 saturated heterocycles. The topological polar surface area (TPSA) is 75.7 Å². The summed E-state index contributed by atoms with van der Waals surface area (Å²) in [5.74, 6) is -1.39. The average molecular weight is 401 g/mol. The third-order valence-electron chi connectivity index (χ3n) is 4.57. The first-order valence-corrected chi connectivity index (χ1v) is 9.50. The smallest absolute Gasteiger partial charge is 0.330 e. The summed E-state index contributed by atoms with van der Waals surface area (Å²) in [5.41, 5.74) is 0.294. The van der Waals surface area contributed by atoms with E-state index in [9.17, 15) is 18.8 Å². The van der Waals surface area contributed by atoms with Crippen LogP contribution in [0.5, 0.6) is 0 Å². The van der Waals surface area contributed by atoms with Gasteiger partial charge in [0.05, 0.1) is 9.89 Å². The van der Waals surface area contributed by atoms with Gasteiger partial charge in [-0.2, -0.15) is 0 Å². The average Bonchev–Trinajstić information content (AvgIpc) is 3.07. The zero-order valence-electron chi connectivity index (χ0n) is 14.3. The SMILES string of the molecule is C[C@@H](OC(=O)[C@H]1CS[C@@]2(C)CCC(=O)N12)C(=O)Nc1ccc(F)c(Cl)c1. The zero-order valence-corrected chi connectivity index (χ0v) is 15.8. The van der Waals surface area contributed by atoms with Gasteiger partial charge in [-0.25, -0.2) is 9.18 Å². The molecule has 1 N–H and O–H groups in total. The first kappa shape index (κ1) is 19.0. The minimum Gasteiger partial charge on any atom is -0.451 e. The maximum atomic E-state index is 13.2. The largest absolute Gasteiger partial charge is 0.451 e. The molecule has 140 valence electrons. The Morgan fingerprint density at radius 2 is 2.23 bits per heavy atom. The molecule has 9 heteroatoms. The molecule has 2 aliphatic rings. The van der Waals surface area contributed by atoms with Crippen LogP contribution in [0.2, 0.25) is 5.02 Å². The van der Waals surface area contributed by atoms with Gasteiger partial charge in [0, 0.05) is 17.9 Å². The van der Waals surface area contributed by atoms with Gasteiger partial charge in [-0.3, -0.25) is 9.59 Å². The number of nitrogens with zero attached hydrogens (tertiary/aromatic N) is 1. The van der Waals surface area contributed by atoms with Crippen LogP contribution in [0.15, 0.2) is 18.2 Å². The third-order valence-corrected chi connectivity index (χ3v) is 6.36. The molecule has 3 atom stereocenters. The molecule has 0 bridgehead atoms. The minimum absolute atomic E-state index is 0.0718. The van der Waals surface area contributed by atoms with Gasteiger partial charge >= 0.3 is 5.97 Å².